The van der Waals surface area contributed by atoms with Crippen LogP contribution in [0.25, 0.3) is 0 Å². The standard InChI is InChI=1S/C35H31N5O8/c1-40-25-16-22(14-15-35(44)20-47-29-27(19-46-30(29)35)48-34(43)23-10-6-3-7-11-23)12-13-26(25)45-18-24(33(40)42)36-32(41)31-37-28(38-39-31)17-21-8-4-2-5-9-21/h2-13,16,24,27,29-30,44H,17-20H2,1H3,(H,36,41)(H,37,38,39)/t24-,27-,29+,30-,35+/m0/s1. The number of nitrogens with zero attached hydrogens (tertiary/aromatic N) is 3. The lowest BCUT2D eigenvalue weighted by Gasteiger charge is -2.21. The van der Waals surface area contributed by atoms with Crippen molar-refractivity contribution in [2.24, 2.45) is 0 Å². The molecule has 3 aliphatic rings. The zero-order chi connectivity index (χ0) is 33.3. The second-order valence-corrected chi connectivity index (χ2v) is 11.7. The van der Waals surface area contributed by atoms with Gasteiger partial charge in [0.2, 0.25) is 5.82 Å². The lowest BCUT2D eigenvalue weighted by Crippen LogP contribution is -2.49. The summed E-state index contributed by atoms with van der Waals surface area (Å²) in [7, 11) is 1.57. The average molecular weight is 650 g/mol. The molecule has 0 spiro atoms. The monoisotopic (exact) mass is 649 g/mol. The Kier molecular flexibility index (Phi) is 8.36. The molecule has 3 aliphatic heterocycles. The molecule has 244 valence electrons. The largest absolute Gasteiger partial charge is 0.489 e. The molecular weight excluding hydrogens is 618 g/mol. The van der Waals surface area contributed by atoms with Gasteiger partial charge < -0.3 is 34.3 Å². The number of aromatic nitrogens is 3. The predicted molar refractivity (Wildman–Crippen MR) is 169 cm³/mol. The zero-order valence-corrected chi connectivity index (χ0v) is 25.8. The quantitative estimate of drug-likeness (QED) is 0.207. The van der Waals surface area contributed by atoms with Crippen LogP contribution < -0.4 is 15.0 Å². The Labute approximate surface area is 275 Å². The second kappa shape index (κ2) is 12.9. The first kappa shape index (κ1) is 31.1. The van der Waals surface area contributed by atoms with E-state index in [2.05, 4.69) is 32.3 Å². The molecular formula is C35H31N5O8. The molecule has 1 aromatic heterocycles. The molecule has 0 saturated carbocycles. The number of hydrogen-bond acceptors (Lipinski definition) is 10. The van der Waals surface area contributed by atoms with E-state index in [0.717, 1.165) is 5.56 Å². The van der Waals surface area contributed by atoms with E-state index in [1.165, 1.54) is 4.90 Å². The van der Waals surface area contributed by atoms with Crippen LogP contribution in [0.4, 0.5) is 5.69 Å². The number of aliphatic hydroxyl groups is 1. The SMILES string of the molecule is CN1C(=O)[C@@H](NC(=O)c2n[nH]c(Cc3ccccc3)n2)COc2ccc(C#C[C@@]3(O)CO[C@@H]4[C@@H](OC(=O)c5ccccc5)CO[C@@H]43)cc21. The number of benzene rings is 3. The molecule has 48 heavy (non-hydrogen) atoms. The number of fused-ring (bicyclic) bond motifs is 2. The van der Waals surface area contributed by atoms with Gasteiger partial charge in [0.15, 0.2) is 11.7 Å². The van der Waals surface area contributed by atoms with Crippen molar-refractivity contribution in [1.29, 1.82) is 0 Å². The van der Waals surface area contributed by atoms with Crippen molar-refractivity contribution in [2.75, 3.05) is 31.8 Å². The highest BCUT2D eigenvalue weighted by atomic mass is 16.6. The minimum atomic E-state index is -1.65. The van der Waals surface area contributed by atoms with Gasteiger partial charge in [-0.05, 0) is 35.9 Å². The summed E-state index contributed by atoms with van der Waals surface area (Å²) in [6, 6.07) is 22.3. The van der Waals surface area contributed by atoms with Crippen LogP contribution in [0.1, 0.15) is 37.9 Å². The number of esters is 1. The minimum Gasteiger partial charge on any atom is -0.489 e. The van der Waals surface area contributed by atoms with Gasteiger partial charge in [-0.15, -0.1) is 5.10 Å². The van der Waals surface area contributed by atoms with E-state index in [1.807, 2.05) is 30.3 Å². The molecule has 13 nitrogen and oxygen atoms in total. The molecule has 13 heteroatoms. The molecule has 0 radical (unpaired) electrons. The van der Waals surface area contributed by atoms with Crippen LogP contribution >= 0.6 is 0 Å². The van der Waals surface area contributed by atoms with Gasteiger partial charge in [0, 0.05) is 19.0 Å². The number of nitrogens with one attached hydrogen (secondary N) is 2. The van der Waals surface area contributed by atoms with Crippen LogP contribution in [-0.2, 0) is 25.4 Å². The van der Waals surface area contributed by atoms with Crippen molar-refractivity contribution in [2.45, 2.75) is 36.4 Å². The fourth-order valence-electron chi connectivity index (χ4n) is 5.83. The van der Waals surface area contributed by atoms with Crippen LogP contribution in [0.3, 0.4) is 0 Å². The Hall–Kier alpha value is -5.55. The third-order valence-corrected chi connectivity index (χ3v) is 8.37. The van der Waals surface area contributed by atoms with Crippen LogP contribution in [0.15, 0.2) is 78.9 Å². The normalized spacial score (nSPS) is 24.4. The summed E-state index contributed by atoms with van der Waals surface area (Å²) in [4.78, 5) is 44.6. The van der Waals surface area contributed by atoms with Crippen molar-refractivity contribution >= 4 is 23.5 Å². The number of likely N-dealkylation sites (N-methyl/N-ethyl adjacent to an activating group) is 1. The topological polar surface area (TPSA) is 165 Å². The van der Waals surface area contributed by atoms with Crippen molar-refractivity contribution in [3.63, 3.8) is 0 Å². The van der Waals surface area contributed by atoms with E-state index in [9.17, 15) is 19.5 Å². The van der Waals surface area contributed by atoms with Gasteiger partial charge in [-0.2, -0.15) is 0 Å². The minimum absolute atomic E-state index is 0.0593. The van der Waals surface area contributed by atoms with E-state index < -0.39 is 47.7 Å². The van der Waals surface area contributed by atoms with Gasteiger partial charge in [-0.1, -0.05) is 60.4 Å². The Morgan fingerprint density at radius 1 is 1.08 bits per heavy atom. The number of H-pyrrole nitrogens is 1. The van der Waals surface area contributed by atoms with Gasteiger partial charge in [0.25, 0.3) is 11.8 Å². The highest BCUT2D eigenvalue weighted by molar-refractivity contribution is 6.02. The highest BCUT2D eigenvalue weighted by Crippen LogP contribution is 2.36. The maximum absolute atomic E-state index is 13.4. The van der Waals surface area contributed by atoms with Crippen molar-refractivity contribution < 1.29 is 38.4 Å². The maximum Gasteiger partial charge on any atom is 0.338 e. The molecule has 2 saturated heterocycles. The number of carbonyl (C=O) groups excluding carboxylic acids is 3. The average Bonchev–Trinajstić information content (AvgIpc) is 3.82. The lowest BCUT2D eigenvalue weighted by atomic mass is 9.96. The van der Waals surface area contributed by atoms with Gasteiger partial charge in [0.05, 0.1) is 24.5 Å². The summed E-state index contributed by atoms with van der Waals surface area (Å²) in [5.74, 6) is 5.15. The summed E-state index contributed by atoms with van der Waals surface area (Å²) in [6.45, 7) is -0.188. The number of hydrogen-bond donors (Lipinski definition) is 3. The Bertz CT molecular complexity index is 1910. The van der Waals surface area contributed by atoms with Crippen LogP contribution in [0.5, 0.6) is 5.75 Å². The molecule has 4 heterocycles. The third kappa shape index (κ3) is 6.24. The predicted octanol–water partition coefficient (Wildman–Crippen LogP) is 1.66. The summed E-state index contributed by atoms with van der Waals surface area (Å²) in [6.07, 6.45) is -1.73. The first-order valence-corrected chi connectivity index (χ1v) is 15.3. The Morgan fingerprint density at radius 2 is 1.85 bits per heavy atom. The number of ether oxygens (including phenoxy) is 4. The van der Waals surface area contributed by atoms with E-state index in [-0.39, 0.29) is 25.6 Å². The van der Waals surface area contributed by atoms with Gasteiger partial charge in [-0.25, -0.2) is 9.78 Å². The summed E-state index contributed by atoms with van der Waals surface area (Å²) in [5, 5.41) is 20.8. The molecule has 7 rings (SSSR count). The molecule has 4 aromatic rings. The second-order valence-electron chi connectivity index (χ2n) is 11.7. The molecule has 5 atom stereocenters. The van der Waals surface area contributed by atoms with E-state index >= 15 is 0 Å². The Balaban J connectivity index is 0.996. The first-order valence-electron chi connectivity index (χ1n) is 15.3. The number of carbonyl (C=O) groups is 3. The smallest absolute Gasteiger partial charge is 0.338 e. The van der Waals surface area contributed by atoms with Crippen LogP contribution in [0, 0.1) is 11.8 Å². The van der Waals surface area contributed by atoms with Crippen molar-refractivity contribution in [1.82, 2.24) is 20.5 Å². The van der Waals surface area contributed by atoms with Gasteiger partial charge >= 0.3 is 5.97 Å². The fourth-order valence-corrected chi connectivity index (χ4v) is 5.83. The van der Waals surface area contributed by atoms with E-state index in [0.29, 0.717) is 34.8 Å². The molecule has 0 bridgehead atoms. The first-order chi connectivity index (χ1) is 23.3. The molecule has 3 aromatic carbocycles. The number of amides is 2. The number of aromatic amines is 1. The van der Waals surface area contributed by atoms with Crippen LogP contribution in [0.2, 0.25) is 0 Å². The summed E-state index contributed by atoms with van der Waals surface area (Å²) in [5.41, 5.74) is 0.687. The molecule has 2 fully saturated rings. The molecule has 0 unspecified atom stereocenters. The zero-order valence-electron chi connectivity index (χ0n) is 25.8. The van der Waals surface area contributed by atoms with Crippen molar-refractivity contribution in [3.05, 3.63) is 107 Å². The van der Waals surface area contributed by atoms with Crippen molar-refractivity contribution in [3.8, 4) is 17.6 Å². The van der Waals surface area contributed by atoms with Crippen LogP contribution in [-0.4, -0.2) is 94.9 Å². The van der Waals surface area contributed by atoms with E-state index in [4.69, 9.17) is 18.9 Å². The third-order valence-electron chi connectivity index (χ3n) is 8.37. The Morgan fingerprint density at radius 3 is 2.65 bits per heavy atom. The van der Waals surface area contributed by atoms with Gasteiger partial charge in [0.1, 0.15) is 36.4 Å². The summed E-state index contributed by atoms with van der Waals surface area (Å²) < 4.78 is 23.1. The molecule has 0 aliphatic carbocycles. The van der Waals surface area contributed by atoms with E-state index in [1.54, 1.807) is 55.6 Å². The lowest BCUT2D eigenvalue weighted by molar-refractivity contribution is -0.120. The molecule has 3 N–H and O–H groups in total. The highest BCUT2D eigenvalue weighted by Gasteiger charge is 2.57. The maximum atomic E-state index is 13.4. The fraction of sp³-hybridized carbons (Fsp3) is 0.286. The summed E-state index contributed by atoms with van der Waals surface area (Å²) >= 11 is 0. The number of anilines is 1. The molecule has 2 amide bonds. The van der Waals surface area contributed by atoms with Gasteiger partial charge in [-0.3, -0.25) is 14.7 Å². The number of rotatable bonds is 6.